The zero-order chi connectivity index (χ0) is 17.0. The quantitative estimate of drug-likeness (QED) is 0.287. The molecule has 1 aliphatic rings. The van der Waals surface area contributed by atoms with Crippen LogP contribution >= 0.6 is 0 Å². The lowest BCUT2D eigenvalue weighted by molar-refractivity contribution is -0.153. The Morgan fingerprint density at radius 1 is 1.00 bits per heavy atom. The summed E-state index contributed by atoms with van der Waals surface area (Å²) in [6.07, 6.45) is 0. The van der Waals surface area contributed by atoms with Gasteiger partial charge in [-0.2, -0.15) is 0 Å². The van der Waals surface area contributed by atoms with Crippen molar-refractivity contribution in [3.05, 3.63) is 35.4 Å². The SMILES string of the molecule is CCOC(=O)C(=O)/C(C(=O)OCC)=C1\C(=O)Nc2ccccc21. The fraction of sp³-hybridized carbons (Fsp3) is 0.250. The summed E-state index contributed by atoms with van der Waals surface area (Å²) in [7, 11) is 0. The number of fused-ring (bicyclic) bond motifs is 1. The van der Waals surface area contributed by atoms with Gasteiger partial charge >= 0.3 is 11.9 Å². The van der Waals surface area contributed by atoms with E-state index in [1.807, 2.05) is 0 Å². The summed E-state index contributed by atoms with van der Waals surface area (Å²) in [4.78, 5) is 48.3. The van der Waals surface area contributed by atoms with Crippen LogP contribution in [0.2, 0.25) is 0 Å². The topological polar surface area (TPSA) is 98.8 Å². The number of hydrogen-bond donors (Lipinski definition) is 1. The normalized spacial score (nSPS) is 14.6. The van der Waals surface area contributed by atoms with E-state index in [1.165, 1.54) is 6.92 Å². The van der Waals surface area contributed by atoms with E-state index in [1.54, 1.807) is 31.2 Å². The summed E-state index contributed by atoms with van der Waals surface area (Å²) in [5, 5.41) is 2.54. The second-order valence-corrected chi connectivity index (χ2v) is 4.52. The maximum absolute atomic E-state index is 12.3. The van der Waals surface area contributed by atoms with Crippen molar-refractivity contribution in [2.45, 2.75) is 13.8 Å². The standard InChI is InChI=1S/C16H15NO6/c1-3-22-15(20)12(13(18)16(21)23-4-2)11-9-7-5-6-8-10(9)17-14(11)19/h5-8H,3-4H2,1-2H3,(H,17,19)/b12-11+. The largest absolute Gasteiger partial charge is 0.462 e. The van der Waals surface area contributed by atoms with Gasteiger partial charge in [-0.05, 0) is 19.9 Å². The van der Waals surface area contributed by atoms with Gasteiger partial charge in [0.2, 0.25) is 0 Å². The minimum Gasteiger partial charge on any atom is -0.462 e. The van der Waals surface area contributed by atoms with Gasteiger partial charge in [0.1, 0.15) is 5.57 Å². The van der Waals surface area contributed by atoms with Gasteiger partial charge in [0, 0.05) is 11.3 Å². The van der Waals surface area contributed by atoms with Crippen LogP contribution in [0.25, 0.3) is 5.57 Å². The number of para-hydroxylation sites is 1. The summed E-state index contributed by atoms with van der Waals surface area (Å²) >= 11 is 0. The van der Waals surface area contributed by atoms with Gasteiger partial charge in [-0.15, -0.1) is 0 Å². The van der Waals surface area contributed by atoms with E-state index in [9.17, 15) is 19.2 Å². The van der Waals surface area contributed by atoms with Crippen LogP contribution in [0.4, 0.5) is 5.69 Å². The minimum absolute atomic E-state index is 0.00498. The molecule has 0 unspecified atom stereocenters. The molecule has 1 heterocycles. The van der Waals surface area contributed by atoms with Crippen molar-refractivity contribution in [1.82, 2.24) is 0 Å². The van der Waals surface area contributed by atoms with Crippen LogP contribution in [-0.2, 0) is 28.7 Å². The van der Waals surface area contributed by atoms with Crippen LogP contribution in [0.15, 0.2) is 29.8 Å². The second kappa shape index (κ2) is 6.87. The zero-order valence-corrected chi connectivity index (χ0v) is 12.7. The number of esters is 2. The van der Waals surface area contributed by atoms with Gasteiger partial charge in [0.25, 0.3) is 11.7 Å². The van der Waals surface area contributed by atoms with E-state index in [0.717, 1.165) is 0 Å². The average molecular weight is 317 g/mol. The van der Waals surface area contributed by atoms with Crippen LogP contribution in [0.1, 0.15) is 19.4 Å². The second-order valence-electron chi connectivity index (χ2n) is 4.52. The molecule has 2 rings (SSSR count). The molecule has 0 saturated heterocycles. The van der Waals surface area contributed by atoms with Gasteiger partial charge in [-0.1, -0.05) is 18.2 Å². The molecule has 1 N–H and O–H groups in total. The van der Waals surface area contributed by atoms with Crippen molar-refractivity contribution in [3.8, 4) is 0 Å². The van der Waals surface area contributed by atoms with E-state index in [2.05, 4.69) is 10.1 Å². The number of ketones is 1. The summed E-state index contributed by atoms with van der Waals surface area (Å²) in [5.74, 6) is -4.09. The summed E-state index contributed by atoms with van der Waals surface area (Å²) in [6.45, 7) is 3.05. The lowest BCUT2D eigenvalue weighted by Gasteiger charge is -2.08. The van der Waals surface area contributed by atoms with E-state index < -0.39 is 29.2 Å². The number of hydrogen-bond acceptors (Lipinski definition) is 6. The van der Waals surface area contributed by atoms with Crippen molar-refractivity contribution in [3.63, 3.8) is 0 Å². The molecule has 1 amide bonds. The molecule has 7 nitrogen and oxygen atoms in total. The average Bonchev–Trinajstić information content (AvgIpc) is 2.84. The van der Waals surface area contributed by atoms with Crippen LogP contribution in [0.3, 0.4) is 0 Å². The van der Waals surface area contributed by atoms with Crippen molar-refractivity contribution in [2.24, 2.45) is 0 Å². The van der Waals surface area contributed by atoms with Gasteiger partial charge in [-0.25, -0.2) is 9.59 Å². The number of carbonyl (C=O) groups excluding carboxylic acids is 4. The molecule has 1 aromatic rings. The first-order valence-electron chi connectivity index (χ1n) is 7.04. The van der Waals surface area contributed by atoms with E-state index in [-0.39, 0.29) is 18.8 Å². The molecular formula is C16H15NO6. The number of carbonyl (C=O) groups is 4. The summed E-state index contributed by atoms with van der Waals surface area (Å²) in [5.41, 5.74) is 0.00834. The molecule has 0 fully saturated rings. The maximum Gasteiger partial charge on any atom is 0.379 e. The molecule has 0 aromatic heterocycles. The Morgan fingerprint density at radius 2 is 1.61 bits per heavy atom. The smallest absolute Gasteiger partial charge is 0.379 e. The minimum atomic E-state index is -1.21. The highest BCUT2D eigenvalue weighted by Crippen LogP contribution is 2.34. The monoisotopic (exact) mass is 317 g/mol. The number of rotatable bonds is 5. The highest BCUT2D eigenvalue weighted by molar-refractivity contribution is 6.53. The highest BCUT2D eigenvalue weighted by Gasteiger charge is 2.37. The molecule has 1 aromatic carbocycles. The van der Waals surface area contributed by atoms with Crippen LogP contribution in [0.5, 0.6) is 0 Å². The van der Waals surface area contributed by atoms with Crippen molar-refractivity contribution in [1.29, 1.82) is 0 Å². The van der Waals surface area contributed by atoms with E-state index >= 15 is 0 Å². The fourth-order valence-corrected chi connectivity index (χ4v) is 2.18. The molecule has 0 spiro atoms. The first kappa shape index (κ1) is 16.4. The number of ether oxygens (including phenoxy) is 2. The molecule has 0 radical (unpaired) electrons. The van der Waals surface area contributed by atoms with Crippen LogP contribution in [-0.4, -0.2) is 36.8 Å². The molecule has 0 aliphatic carbocycles. The van der Waals surface area contributed by atoms with Crippen molar-refractivity contribution < 1.29 is 28.7 Å². The lowest BCUT2D eigenvalue weighted by atomic mass is 9.98. The van der Waals surface area contributed by atoms with Gasteiger partial charge < -0.3 is 14.8 Å². The third-order valence-electron chi connectivity index (χ3n) is 3.09. The first-order chi connectivity index (χ1) is 11.0. The van der Waals surface area contributed by atoms with E-state index in [4.69, 9.17) is 4.74 Å². The van der Waals surface area contributed by atoms with Gasteiger partial charge in [0.15, 0.2) is 0 Å². The predicted molar refractivity (Wildman–Crippen MR) is 80.3 cm³/mol. The first-order valence-corrected chi connectivity index (χ1v) is 7.04. The summed E-state index contributed by atoms with van der Waals surface area (Å²) < 4.78 is 9.46. The molecule has 0 bridgehead atoms. The molecule has 7 heteroatoms. The molecule has 1 aliphatic heterocycles. The van der Waals surface area contributed by atoms with Crippen LogP contribution in [0, 0.1) is 0 Å². The Morgan fingerprint density at radius 3 is 2.26 bits per heavy atom. The molecule has 23 heavy (non-hydrogen) atoms. The van der Waals surface area contributed by atoms with E-state index in [0.29, 0.717) is 11.3 Å². The van der Waals surface area contributed by atoms with Crippen molar-refractivity contribution in [2.75, 3.05) is 18.5 Å². The molecular weight excluding hydrogens is 302 g/mol. The third kappa shape index (κ3) is 3.13. The van der Waals surface area contributed by atoms with Crippen LogP contribution < -0.4 is 5.32 Å². The molecule has 0 atom stereocenters. The number of amides is 1. The van der Waals surface area contributed by atoms with Gasteiger partial charge in [0.05, 0.1) is 18.8 Å². The van der Waals surface area contributed by atoms with Crippen molar-refractivity contribution >= 4 is 34.9 Å². The fourth-order valence-electron chi connectivity index (χ4n) is 2.18. The predicted octanol–water partition coefficient (Wildman–Crippen LogP) is 1.09. The maximum atomic E-state index is 12.3. The zero-order valence-electron chi connectivity index (χ0n) is 12.7. The number of nitrogens with one attached hydrogen (secondary N) is 1. The Kier molecular flexibility index (Phi) is 4.90. The Labute approximate surface area is 132 Å². The Bertz CT molecular complexity index is 719. The number of anilines is 1. The number of Topliss-reactive ketones (excluding diaryl/α,β-unsaturated/α-hetero) is 1. The lowest BCUT2D eigenvalue weighted by Crippen LogP contribution is -2.27. The Balaban J connectivity index is 2.61. The molecule has 120 valence electrons. The van der Waals surface area contributed by atoms with Gasteiger partial charge in [-0.3, -0.25) is 9.59 Å². The summed E-state index contributed by atoms with van der Waals surface area (Å²) in [6, 6.07) is 6.54. The third-order valence-corrected chi connectivity index (χ3v) is 3.09. The molecule has 0 saturated carbocycles. The highest BCUT2D eigenvalue weighted by atomic mass is 16.5. The Hall–Kier alpha value is -2.96. The number of benzene rings is 1.